The molecule has 2 nitrogen and oxygen atoms in total. The van der Waals surface area contributed by atoms with Gasteiger partial charge in [0.15, 0.2) is 5.82 Å². The van der Waals surface area contributed by atoms with E-state index in [1.54, 1.807) is 0 Å². The van der Waals surface area contributed by atoms with Crippen LogP contribution < -0.4 is 0 Å². The summed E-state index contributed by atoms with van der Waals surface area (Å²) in [4.78, 5) is 10.6. The molecule has 0 spiro atoms. The molecule has 0 saturated heterocycles. The molecule has 0 fully saturated rings. The minimum atomic E-state index is -0.164. The summed E-state index contributed by atoms with van der Waals surface area (Å²) >= 11 is 1.83. The second kappa shape index (κ2) is 14.2. The molecule has 0 radical (unpaired) electrons. The summed E-state index contributed by atoms with van der Waals surface area (Å²) in [7, 11) is 0. The first-order chi connectivity index (χ1) is 31.5. The van der Waals surface area contributed by atoms with Gasteiger partial charge in [0.2, 0.25) is 0 Å². The van der Waals surface area contributed by atoms with E-state index in [2.05, 4.69) is 214 Å². The molecule has 12 aromatic rings. The van der Waals surface area contributed by atoms with Crippen LogP contribution >= 0.6 is 11.3 Å². The van der Waals surface area contributed by atoms with E-state index in [1.807, 2.05) is 17.4 Å². The summed E-state index contributed by atoms with van der Waals surface area (Å²) in [6.07, 6.45) is 0. The molecule has 0 unspecified atom stereocenters. The predicted octanol–water partition coefficient (Wildman–Crippen LogP) is 16.9. The van der Waals surface area contributed by atoms with Crippen LogP contribution in [-0.4, -0.2) is 9.97 Å². The minimum Gasteiger partial charge on any atom is -0.228 e. The van der Waals surface area contributed by atoms with Gasteiger partial charge in [-0.15, -0.1) is 11.3 Å². The third-order valence-corrected chi connectivity index (χ3v) is 14.8. The van der Waals surface area contributed by atoms with E-state index >= 15 is 0 Å². The van der Waals surface area contributed by atoms with Gasteiger partial charge in [0.1, 0.15) is 0 Å². The standard InChI is InChI=1S/C61H40N2S/c1-61(2)53-35-39-19-7-6-18-38(39)34-52(53)49-26-14-25-48(59(49)61)46-31-30-44(40-20-8-9-21-41(40)46)45-32-33-47(43-23-11-10-22-42(43)45)54-36-55(63-60(62-54)37-16-4-3-5-17-37)50-27-15-29-57-58(50)51-24-12-13-28-56(51)64-57/h3-36H,1-2H3. The molecule has 300 valence electrons. The molecule has 0 N–H and O–H groups in total. The molecule has 0 aliphatic heterocycles. The van der Waals surface area contributed by atoms with Gasteiger partial charge in [-0.2, -0.15) is 0 Å². The zero-order chi connectivity index (χ0) is 42.5. The van der Waals surface area contributed by atoms with Crippen molar-refractivity contribution in [3.8, 4) is 67.3 Å². The molecule has 13 rings (SSSR count). The molecule has 0 atom stereocenters. The highest BCUT2D eigenvalue weighted by atomic mass is 32.1. The quantitative estimate of drug-likeness (QED) is 0.173. The Morgan fingerprint density at radius 2 is 0.844 bits per heavy atom. The van der Waals surface area contributed by atoms with Crippen LogP contribution in [0.1, 0.15) is 25.0 Å². The minimum absolute atomic E-state index is 0.164. The van der Waals surface area contributed by atoms with Crippen molar-refractivity contribution in [3.05, 3.63) is 217 Å². The Labute approximate surface area is 375 Å². The molecule has 0 saturated carbocycles. The van der Waals surface area contributed by atoms with Crippen LogP contribution in [0, 0.1) is 0 Å². The first-order valence-corrected chi connectivity index (χ1v) is 22.9. The highest BCUT2D eigenvalue weighted by Crippen LogP contribution is 2.54. The number of fused-ring (bicyclic) bond motifs is 9. The van der Waals surface area contributed by atoms with Crippen LogP contribution in [0.4, 0.5) is 0 Å². The first-order valence-electron chi connectivity index (χ1n) is 22.1. The maximum absolute atomic E-state index is 5.34. The van der Waals surface area contributed by atoms with Crippen molar-refractivity contribution in [2.45, 2.75) is 19.3 Å². The monoisotopic (exact) mass is 832 g/mol. The molecule has 2 aromatic heterocycles. The third kappa shape index (κ3) is 5.57. The van der Waals surface area contributed by atoms with E-state index in [1.165, 1.54) is 91.6 Å². The average Bonchev–Trinajstić information content (AvgIpc) is 3.84. The SMILES string of the molecule is CC1(C)c2cc3ccccc3cc2-c2cccc(-c3ccc(-c4ccc(-c5cc(-c6cccc7sc8ccccc8c67)nc(-c6ccccc6)n5)c5ccccc45)c4ccccc34)c21. The lowest BCUT2D eigenvalue weighted by atomic mass is 9.77. The van der Waals surface area contributed by atoms with Crippen LogP contribution in [-0.2, 0) is 5.41 Å². The van der Waals surface area contributed by atoms with Gasteiger partial charge in [0.25, 0.3) is 0 Å². The number of rotatable bonds is 5. The zero-order valence-corrected chi connectivity index (χ0v) is 36.2. The van der Waals surface area contributed by atoms with Crippen LogP contribution in [0.5, 0.6) is 0 Å². The number of nitrogens with zero attached hydrogens (tertiary/aromatic N) is 2. The Hall–Kier alpha value is -7.72. The van der Waals surface area contributed by atoms with Crippen molar-refractivity contribution < 1.29 is 0 Å². The summed E-state index contributed by atoms with van der Waals surface area (Å²) in [5.74, 6) is 0.714. The second-order valence-corrected chi connectivity index (χ2v) is 18.7. The molecule has 0 bridgehead atoms. The number of benzene rings is 10. The Morgan fingerprint density at radius 3 is 1.53 bits per heavy atom. The van der Waals surface area contributed by atoms with Gasteiger partial charge in [-0.25, -0.2) is 9.97 Å². The van der Waals surface area contributed by atoms with Crippen LogP contribution in [0.2, 0.25) is 0 Å². The van der Waals surface area contributed by atoms with Crippen molar-refractivity contribution >= 4 is 63.8 Å². The summed E-state index contributed by atoms with van der Waals surface area (Å²) < 4.78 is 2.54. The van der Waals surface area contributed by atoms with Crippen molar-refractivity contribution in [1.29, 1.82) is 0 Å². The highest BCUT2D eigenvalue weighted by Gasteiger charge is 2.38. The predicted molar refractivity (Wildman–Crippen MR) is 272 cm³/mol. The van der Waals surface area contributed by atoms with E-state index in [9.17, 15) is 0 Å². The van der Waals surface area contributed by atoms with Crippen molar-refractivity contribution in [2.75, 3.05) is 0 Å². The topological polar surface area (TPSA) is 25.8 Å². The maximum atomic E-state index is 5.34. The molecule has 3 heteroatoms. The summed E-state index contributed by atoms with van der Waals surface area (Å²) in [5, 5.41) is 9.90. The first kappa shape index (κ1) is 36.9. The molecule has 2 heterocycles. The summed E-state index contributed by atoms with van der Waals surface area (Å²) in [6, 6.07) is 75.4. The lowest BCUT2D eigenvalue weighted by Gasteiger charge is -2.25. The molecule has 0 amide bonds. The van der Waals surface area contributed by atoms with Crippen LogP contribution in [0.3, 0.4) is 0 Å². The van der Waals surface area contributed by atoms with Crippen molar-refractivity contribution in [1.82, 2.24) is 9.97 Å². The number of hydrogen-bond acceptors (Lipinski definition) is 3. The Balaban J connectivity index is 0.981. The summed E-state index contributed by atoms with van der Waals surface area (Å²) in [6.45, 7) is 4.79. The van der Waals surface area contributed by atoms with Gasteiger partial charge in [-0.05, 0) is 107 Å². The molecule has 1 aliphatic rings. The van der Waals surface area contributed by atoms with Gasteiger partial charge >= 0.3 is 0 Å². The molecule has 10 aromatic carbocycles. The third-order valence-electron chi connectivity index (χ3n) is 13.7. The molecule has 1 aliphatic carbocycles. The largest absolute Gasteiger partial charge is 0.228 e. The summed E-state index contributed by atoms with van der Waals surface area (Å²) in [5.41, 5.74) is 15.3. The van der Waals surface area contributed by atoms with E-state index in [-0.39, 0.29) is 5.41 Å². The number of hydrogen-bond donors (Lipinski definition) is 0. The van der Waals surface area contributed by atoms with Gasteiger partial charge in [0, 0.05) is 42.3 Å². The van der Waals surface area contributed by atoms with Crippen LogP contribution in [0.15, 0.2) is 206 Å². The Kier molecular flexibility index (Phi) is 8.16. The number of thiophene rings is 1. The fourth-order valence-corrected chi connectivity index (χ4v) is 11.9. The lowest BCUT2D eigenvalue weighted by molar-refractivity contribution is 0.663. The van der Waals surface area contributed by atoms with Gasteiger partial charge < -0.3 is 0 Å². The fraction of sp³-hybridized carbons (Fsp3) is 0.0492. The average molecular weight is 833 g/mol. The second-order valence-electron chi connectivity index (χ2n) is 17.6. The van der Waals surface area contributed by atoms with Crippen molar-refractivity contribution in [2.24, 2.45) is 0 Å². The normalized spacial score (nSPS) is 13.0. The maximum Gasteiger partial charge on any atom is 0.160 e. The zero-order valence-electron chi connectivity index (χ0n) is 35.4. The smallest absolute Gasteiger partial charge is 0.160 e. The Morgan fingerprint density at radius 1 is 0.359 bits per heavy atom. The van der Waals surface area contributed by atoms with E-state index in [4.69, 9.17) is 9.97 Å². The molecular weight excluding hydrogens is 793 g/mol. The van der Waals surface area contributed by atoms with Crippen LogP contribution in [0.25, 0.3) is 120 Å². The molecule has 64 heavy (non-hydrogen) atoms. The van der Waals surface area contributed by atoms with Gasteiger partial charge in [-0.3, -0.25) is 0 Å². The van der Waals surface area contributed by atoms with Gasteiger partial charge in [-0.1, -0.05) is 190 Å². The Bertz CT molecular complexity index is 3880. The fourth-order valence-electron chi connectivity index (χ4n) is 10.7. The van der Waals surface area contributed by atoms with Gasteiger partial charge in [0.05, 0.1) is 11.4 Å². The van der Waals surface area contributed by atoms with Crippen molar-refractivity contribution in [3.63, 3.8) is 0 Å². The van der Waals surface area contributed by atoms with E-state index < -0.39 is 0 Å². The van der Waals surface area contributed by atoms with E-state index in [0.717, 1.165) is 33.5 Å². The van der Waals surface area contributed by atoms with E-state index in [0.29, 0.717) is 5.82 Å². The number of aromatic nitrogens is 2. The highest BCUT2D eigenvalue weighted by molar-refractivity contribution is 7.25. The lowest BCUT2D eigenvalue weighted by Crippen LogP contribution is -2.16. The molecular formula is C61H40N2S.